The summed E-state index contributed by atoms with van der Waals surface area (Å²) in [7, 11) is 1.66. The largest absolute Gasteiger partial charge is 0.497 e. The number of para-hydroxylation sites is 1. The highest BCUT2D eigenvalue weighted by atomic mass is 35.5. The minimum atomic E-state index is 0.699. The van der Waals surface area contributed by atoms with Gasteiger partial charge in [0.2, 0.25) is 0 Å². The smallest absolute Gasteiger partial charge is 0.120 e. The molecule has 0 aliphatic heterocycles. The van der Waals surface area contributed by atoms with E-state index in [0.29, 0.717) is 5.15 Å². The van der Waals surface area contributed by atoms with Crippen LogP contribution >= 0.6 is 11.6 Å². The summed E-state index contributed by atoms with van der Waals surface area (Å²) in [6.07, 6.45) is 0. The Bertz CT molecular complexity index is 703. The highest BCUT2D eigenvalue weighted by Crippen LogP contribution is 2.28. The van der Waals surface area contributed by atoms with Gasteiger partial charge in [0.25, 0.3) is 0 Å². The van der Waals surface area contributed by atoms with Crippen LogP contribution in [-0.2, 0) is 0 Å². The molecule has 0 spiro atoms. The summed E-state index contributed by atoms with van der Waals surface area (Å²) in [6.45, 7) is 0. The molecule has 1 heterocycles. The maximum Gasteiger partial charge on any atom is 0.120 e. The molecule has 0 amide bonds. The van der Waals surface area contributed by atoms with Gasteiger partial charge in [0.1, 0.15) is 10.9 Å². The number of benzene rings is 2. The molecule has 3 rings (SSSR count). The molecule has 3 aromatic rings. The van der Waals surface area contributed by atoms with E-state index in [1.807, 2.05) is 47.0 Å². The van der Waals surface area contributed by atoms with Crippen molar-refractivity contribution in [1.29, 1.82) is 0 Å². The van der Waals surface area contributed by atoms with E-state index >= 15 is 0 Å². The van der Waals surface area contributed by atoms with E-state index in [1.54, 1.807) is 7.11 Å². The van der Waals surface area contributed by atoms with Crippen molar-refractivity contribution in [3.63, 3.8) is 0 Å². The van der Waals surface area contributed by atoms with Crippen molar-refractivity contribution in [2.45, 2.75) is 0 Å². The molecule has 0 fully saturated rings. The standard InChI is InChI=1S/C15H12ClNO/c1-18-13-7-4-6-12(10-13)17-14-8-3-2-5-11(14)9-15(17)16/h2-10H,1H3. The van der Waals surface area contributed by atoms with E-state index < -0.39 is 0 Å². The Morgan fingerprint density at radius 3 is 2.67 bits per heavy atom. The predicted octanol–water partition coefficient (Wildman–Crippen LogP) is 4.29. The molecule has 0 unspecified atom stereocenters. The second-order valence-corrected chi connectivity index (χ2v) is 4.45. The molecular formula is C15H12ClNO. The molecule has 2 nitrogen and oxygen atoms in total. The van der Waals surface area contributed by atoms with E-state index in [1.165, 1.54) is 0 Å². The van der Waals surface area contributed by atoms with Crippen LogP contribution in [0, 0.1) is 0 Å². The van der Waals surface area contributed by atoms with Gasteiger partial charge in [-0.15, -0.1) is 0 Å². The van der Waals surface area contributed by atoms with Crippen molar-refractivity contribution in [2.24, 2.45) is 0 Å². The van der Waals surface area contributed by atoms with Crippen LogP contribution < -0.4 is 4.74 Å². The Hall–Kier alpha value is -1.93. The molecule has 0 saturated heterocycles. The Balaban J connectivity index is 2.27. The first-order valence-corrected chi connectivity index (χ1v) is 6.08. The summed E-state index contributed by atoms with van der Waals surface area (Å²) in [5.74, 6) is 0.821. The van der Waals surface area contributed by atoms with Gasteiger partial charge in [-0.3, -0.25) is 0 Å². The highest BCUT2D eigenvalue weighted by Gasteiger charge is 2.08. The van der Waals surface area contributed by atoms with Gasteiger partial charge in [-0.25, -0.2) is 0 Å². The first-order valence-electron chi connectivity index (χ1n) is 5.70. The lowest BCUT2D eigenvalue weighted by Crippen LogP contribution is -1.94. The van der Waals surface area contributed by atoms with Crippen LogP contribution in [0.25, 0.3) is 16.6 Å². The van der Waals surface area contributed by atoms with Gasteiger partial charge in [-0.05, 0) is 24.3 Å². The molecule has 1 aromatic heterocycles. The fourth-order valence-electron chi connectivity index (χ4n) is 2.13. The van der Waals surface area contributed by atoms with Crippen molar-refractivity contribution < 1.29 is 4.74 Å². The van der Waals surface area contributed by atoms with Crippen LogP contribution in [0.3, 0.4) is 0 Å². The molecule has 90 valence electrons. The number of fused-ring (bicyclic) bond motifs is 1. The third kappa shape index (κ3) is 1.75. The molecule has 0 aliphatic carbocycles. The summed E-state index contributed by atoms with van der Waals surface area (Å²) in [6, 6.07) is 18.0. The number of halogens is 1. The molecule has 0 bridgehead atoms. The lowest BCUT2D eigenvalue weighted by molar-refractivity contribution is 0.414. The Kier molecular flexibility index (Phi) is 2.73. The maximum atomic E-state index is 6.32. The van der Waals surface area contributed by atoms with Crippen molar-refractivity contribution in [3.8, 4) is 11.4 Å². The number of methoxy groups -OCH3 is 1. The average molecular weight is 258 g/mol. The van der Waals surface area contributed by atoms with Crippen molar-refractivity contribution >= 4 is 22.5 Å². The zero-order valence-electron chi connectivity index (χ0n) is 9.93. The van der Waals surface area contributed by atoms with Crippen LogP contribution in [-0.4, -0.2) is 11.7 Å². The first-order chi connectivity index (χ1) is 8.79. The minimum absolute atomic E-state index is 0.699. The zero-order chi connectivity index (χ0) is 12.5. The topological polar surface area (TPSA) is 14.2 Å². The molecule has 0 radical (unpaired) electrons. The number of hydrogen-bond donors (Lipinski definition) is 0. The summed E-state index contributed by atoms with van der Waals surface area (Å²) in [4.78, 5) is 0. The number of rotatable bonds is 2. The van der Waals surface area contributed by atoms with Gasteiger partial charge in [0.05, 0.1) is 18.3 Å². The third-order valence-corrected chi connectivity index (χ3v) is 3.26. The normalized spacial score (nSPS) is 10.8. The van der Waals surface area contributed by atoms with Crippen LogP contribution in [0.2, 0.25) is 5.15 Å². The van der Waals surface area contributed by atoms with Crippen LogP contribution in [0.5, 0.6) is 5.75 Å². The van der Waals surface area contributed by atoms with Gasteiger partial charge in [0, 0.05) is 11.5 Å². The molecule has 0 N–H and O–H groups in total. The zero-order valence-corrected chi connectivity index (χ0v) is 10.7. The summed E-state index contributed by atoms with van der Waals surface area (Å²) >= 11 is 6.32. The van der Waals surface area contributed by atoms with Crippen molar-refractivity contribution in [2.75, 3.05) is 7.11 Å². The van der Waals surface area contributed by atoms with Gasteiger partial charge in [-0.2, -0.15) is 0 Å². The first kappa shape index (κ1) is 11.2. The van der Waals surface area contributed by atoms with E-state index in [-0.39, 0.29) is 0 Å². The lowest BCUT2D eigenvalue weighted by Gasteiger charge is -2.08. The van der Waals surface area contributed by atoms with Gasteiger partial charge in [-0.1, -0.05) is 35.9 Å². The summed E-state index contributed by atoms with van der Waals surface area (Å²) < 4.78 is 7.26. The van der Waals surface area contributed by atoms with E-state index in [9.17, 15) is 0 Å². The number of hydrogen-bond acceptors (Lipinski definition) is 1. The maximum absolute atomic E-state index is 6.32. The van der Waals surface area contributed by atoms with Gasteiger partial charge in [0.15, 0.2) is 0 Å². The molecule has 0 saturated carbocycles. The van der Waals surface area contributed by atoms with Crippen molar-refractivity contribution in [3.05, 3.63) is 59.8 Å². The summed E-state index contributed by atoms with van der Waals surface area (Å²) in [5, 5.41) is 1.83. The second kappa shape index (κ2) is 4.39. The Labute approximate surface area is 110 Å². The molecule has 0 atom stereocenters. The number of ether oxygens (including phenoxy) is 1. The SMILES string of the molecule is COc1cccc(-n2c(Cl)cc3ccccc32)c1. The van der Waals surface area contributed by atoms with E-state index in [4.69, 9.17) is 16.3 Å². The average Bonchev–Trinajstić information content (AvgIpc) is 2.74. The monoisotopic (exact) mass is 257 g/mol. The van der Waals surface area contributed by atoms with Crippen LogP contribution in [0.4, 0.5) is 0 Å². The van der Waals surface area contributed by atoms with Crippen LogP contribution in [0.1, 0.15) is 0 Å². The molecule has 2 aromatic carbocycles. The Morgan fingerprint density at radius 1 is 1.00 bits per heavy atom. The fraction of sp³-hybridized carbons (Fsp3) is 0.0667. The van der Waals surface area contributed by atoms with Crippen LogP contribution in [0.15, 0.2) is 54.6 Å². The van der Waals surface area contributed by atoms with E-state index in [2.05, 4.69) is 12.1 Å². The third-order valence-electron chi connectivity index (χ3n) is 2.98. The lowest BCUT2D eigenvalue weighted by atomic mass is 10.2. The molecule has 18 heavy (non-hydrogen) atoms. The second-order valence-electron chi connectivity index (χ2n) is 4.06. The fourth-order valence-corrected chi connectivity index (χ4v) is 2.44. The summed E-state index contributed by atoms with van der Waals surface area (Å²) in [5.41, 5.74) is 2.09. The van der Waals surface area contributed by atoms with Gasteiger partial charge >= 0.3 is 0 Å². The van der Waals surface area contributed by atoms with E-state index in [0.717, 1.165) is 22.3 Å². The van der Waals surface area contributed by atoms with Crippen molar-refractivity contribution in [1.82, 2.24) is 4.57 Å². The predicted molar refractivity (Wildman–Crippen MR) is 74.8 cm³/mol. The quantitative estimate of drug-likeness (QED) is 0.668. The molecular weight excluding hydrogens is 246 g/mol. The molecule has 3 heteroatoms. The Morgan fingerprint density at radius 2 is 1.83 bits per heavy atom. The number of aromatic nitrogens is 1. The molecule has 0 aliphatic rings. The van der Waals surface area contributed by atoms with Gasteiger partial charge < -0.3 is 9.30 Å². The number of nitrogens with zero attached hydrogens (tertiary/aromatic N) is 1. The minimum Gasteiger partial charge on any atom is -0.497 e. The highest BCUT2D eigenvalue weighted by molar-refractivity contribution is 6.31.